The van der Waals surface area contributed by atoms with E-state index < -0.39 is 5.92 Å². The van der Waals surface area contributed by atoms with Crippen LogP contribution in [-0.4, -0.2) is 5.92 Å². The summed E-state index contributed by atoms with van der Waals surface area (Å²) < 4.78 is 31.5. The zero-order valence-corrected chi connectivity index (χ0v) is 23.8. The second-order valence-corrected chi connectivity index (χ2v) is 13.0. The lowest BCUT2D eigenvalue weighted by Crippen LogP contribution is -2.30. The molecule has 0 amide bonds. The quantitative estimate of drug-likeness (QED) is 0.202. The molecule has 0 bridgehead atoms. The molecule has 1 aliphatic rings. The van der Waals surface area contributed by atoms with Crippen molar-refractivity contribution in [3.05, 3.63) is 88.6 Å². The van der Waals surface area contributed by atoms with Gasteiger partial charge >= 0.3 is 0 Å². The van der Waals surface area contributed by atoms with Crippen LogP contribution in [-0.2, 0) is 25.3 Å². The highest BCUT2D eigenvalue weighted by Crippen LogP contribution is 2.45. The van der Waals surface area contributed by atoms with Gasteiger partial charge in [0, 0.05) is 29.2 Å². The molecule has 3 aromatic carbocycles. The molecule has 0 saturated carbocycles. The Balaban J connectivity index is 1.58. The lowest BCUT2D eigenvalue weighted by Gasteiger charge is -2.24. The van der Waals surface area contributed by atoms with E-state index >= 15 is 0 Å². The summed E-state index contributed by atoms with van der Waals surface area (Å²) in [5, 5.41) is 3.87. The van der Waals surface area contributed by atoms with Crippen molar-refractivity contribution in [1.82, 2.24) is 0 Å². The Bertz CT molecular complexity index is 1740. The molecule has 194 valence electrons. The van der Waals surface area contributed by atoms with Gasteiger partial charge in [0.25, 0.3) is 5.92 Å². The lowest BCUT2D eigenvalue weighted by molar-refractivity contribution is -0.659. The van der Waals surface area contributed by atoms with Gasteiger partial charge in [-0.15, -0.1) is 11.3 Å². The van der Waals surface area contributed by atoms with Crippen molar-refractivity contribution in [2.75, 3.05) is 0 Å². The zero-order chi connectivity index (χ0) is 27.0. The van der Waals surface area contributed by atoms with Crippen molar-refractivity contribution >= 4 is 32.2 Å². The Morgan fingerprint density at radius 2 is 1.61 bits per heavy atom. The van der Waals surface area contributed by atoms with Crippen molar-refractivity contribution in [2.24, 2.45) is 7.05 Å². The molecule has 1 nitrogen and oxygen atoms in total. The molecule has 0 atom stereocenters. The Morgan fingerprint density at radius 3 is 2.34 bits per heavy atom. The number of halogens is 2. The molecule has 0 spiro atoms. The van der Waals surface area contributed by atoms with Crippen molar-refractivity contribution in [2.45, 2.75) is 65.2 Å². The SMILES string of the molecule is Cc1c(-c2c3sc(-c4ccc5c(c4)CCC(F)(F)C5)c(C)c3cc[n+]2C)cc(C(C)(C)C)c2ccccc12. The van der Waals surface area contributed by atoms with Crippen molar-refractivity contribution < 1.29 is 13.3 Å². The molecule has 38 heavy (non-hydrogen) atoms. The number of aryl methyl sites for hydroxylation is 4. The van der Waals surface area contributed by atoms with Gasteiger partial charge in [-0.1, -0.05) is 63.2 Å². The normalized spacial score (nSPS) is 15.3. The minimum absolute atomic E-state index is 0.00494. The van der Waals surface area contributed by atoms with Gasteiger partial charge in [0.1, 0.15) is 11.7 Å². The van der Waals surface area contributed by atoms with E-state index in [4.69, 9.17) is 0 Å². The summed E-state index contributed by atoms with van der Waals surface area (Å²) in [7, 11) is 2.13. The summed E-state index contributed by atoms with van der Waals surface area (Å²) in [5.41, 5.74) is 9.38. The van der Waals surface area contributed by atoms with E-state index in [-0.39, 0.29) is 18.3 Å². The molecule has 6 rings (SSSR count). The van der Waals surface area contributed by atoms with Gasteiger partial charge in [0.05, 0.1) is 5.56 Å². The molecule has 0 N–H and O–H groups in total. The smallest absolute Gasteiger partial charge is 0.207 e. The maximum absolute atomic E-state index is 14.0. The van der Waals surface area contributed by atoms with E-state index in [9.17, 15) is 8.78 Å². The number of aromatic nitrogens is 1. The van der Waals surface area contributed by atoms with Gasteiger partial charge in [-0.3, -0.25) is 0 Å². The fraction of sp³-hybridized carbons (Fsp3) is 0.324. The van der Waals surface area contributed by atoms with Gasteiger partial charge in [0.2, 0.25) is 5.69 Å². The van der Waals surface area contributed by atoms with Crippen LogP contribution < -0.4 is 4.57 Å². The third-order valence-electron chi connectivity index (χ3n) is 8.28. The van der Waals surface area contributed by atoms with Gasteiger partial charge in [-0.2, -0.15) is 4.57 Å². The summed E-state index contributed by atoms with van der Waals surface area (Å²) in [6, 6.07) is 19.5. The van der Waals surface area contributed by atoms with Crippen molar-refractivity contribution in [3.8, 4) is 21.7 Å². The van der Waals surface area contributed by atoms with Crippen LogP contribution in [0.5, 0.6) is 0 Å². The zero-order valence-electron chi connectivity index (χ0n) is 23.0. The number of fused-ring (bicyclic) bond motifs is 3. The predicted molar refractivity (Wildman–Crippen MR) is 157 cm³/mol. The first kappa shape index (κ1) is 25.2. The molecule has 0 radical (unpaired) electrons. The lowest BCUT2D eigenvalue weighted by atomic mass is 9.80. The fourth-order valence-electron chi connectivity index (χ4n) is 6.16. The Labute approximate surface area is 227 Å². The molecule has 0 unspecified atom stereocenters. The number of hydrogen-bond acceptors (Lipinski definition) is 1. The van der Waals surface area contributed by atoms with Crippen LogP contribution in [0.3, 0.4) is 0 Å². The molecule has 5 aromatic rings. The number of alkyl halides is 2. The monoisotopic (exact) mass is 526 g/mol. The third kappa shape index (κ3) is 4.05. The molecule has 2 heterocycles. The van der Waals surface area contributed by atoms with Gasteiger partial charge < -0.3 is 0 Å². The minimum Gasteiger partial charge on any atom is -0.207 e. The Morgan fingerprint density at radius 1 is 0.868 bits per heavy atom. The first-order valence-corrected chi connectivity index (χ1v) is 14.2. The minimum atomic E-state index is -2.59. The standard InChI is InChI=1S/C34H34F2NS/c1-20-25-9-7-8-10-27(25)29(33(3,4)5)18-28(20)30-32-26(14-16-37(30)6)21(2)31(38-32)23-11-12-24-19-34(35,36)15-13-22(24)17-23/h7-12,14,16-18H,13,15,19H2,1-6H3/q+1. The number of nitrogens with zero attached hydrogens (tertiary/aromatic N) is 1. The number of hydrogen-bond donors (Lipinski definition) is 0. The molecule has 0 aliphatic heterocycles. The molecular formula is C34H34F2NS+. The average molecular weight is 527 g/mol. The number of pyridine rings is 1. The van der Waals surface area contributed by atoms with Crippen molar-refractivity contribution in [3.63, 3.8) is 0 Å². The molecule has 0 fully saturated rings. The number of rotatable bonds is 2. The highest BCUT2D eigenvalue weighted by Gasteiger charge is 2.34. The van der Waals surface area contributed by atoms with E-state index in [2.05, 4.69) is 94.9 Å². The molecule has 2 aromatic heterocycles. The summed E-state index contributed by atoms with van der Waals surface area (Å²) in [6.07, 6.45) is 2.39. The van der Waals surface area contributed by atoms with E-state index in [1.807, 2.05) is 23.5 Å². The summed E-state index contributed by atoms with van der Waals surface area (Å²) >= 11 is 1.82. The van der Waals surface area contributed by atoms with Gasteiger partial charge in [-0.25, -0.2) is 8.78 Å². The van der Waals surface area contributed by atoms with Crippen LogP contribution in [0.4, 0.5) is 8.78 Å². The van der Waals surface area contributed by atoms with E-state index in [0.717, 1.165) is 16.7 Å². The molecule has 0 saturated heterocycles. The van der Waals surface area contributed by atoms with E-state index in [1.165, 1.54) is 53.7 Å². The predicted octanol–water partition coefficient (Wildman–Crippen LogP) is 9.25. The first-order valence-electron chi connectivity index (χ1n) is 13.4. The van der Waals surface area contributed by atoms with E-state index in [0.29, 0.717) is 6.42 Å². The van der Waals surface area contributed by atoms with Crippen LogP contribution in [0.2, 0.25) is 0 Å². The molecule has 1 aliphatic carbocycles. The van der Waals surface area contributed by atoms with E-state index in [1.54, 1.807) is 0 Å². The highest BCUT2D eigenvalue weighted by molar-refractivity contribution is 7.23. The van der Waals surface area contributed by atoms with Crippen molar-refractivity contribution in [1.29, 1.82) is 0 Å². The van der Waals surface area contributed by atoms with Gasteiger partial charge in [0.15, 0.2) is 6.20 Å². The molecule has 4 heteroatoms. The second-order valence-electron chi connectivity index (χ2n) is 12.0. The summed E-state index contributed by atoms with van der Waals surface area (Å²) in [4.78, 5) is 1.22. The third-order valence-corrected chi connectivity index (χ3v) is 9.64. The maximum Gasteiger partial charge on any atom is 0.252 e. The van der Waals surface area contributed by atoms with Crippen LogP contribution >= 0.6 is 11.3 Å². The number of benzene rings is 3. The van der Waals surface area contributed by atoms with Crippen LogP contribution in [0.1, 0.15) is 55.0 Å². The van der Waals surface area contributed by atoms with Gasteiger partial charge in [-0.05, 0) is 75.9 Å². The number of thiophene rings is 1. The van der Waals surface area contributed by atoms with Crippen LogP contribution in [0.25, 0.3) is 42.6 Å². The topological polar surface area (TPSA) is 3.88 Å². The Hall–Kier alpha value is -3.11. The second kappa shape index (κ2) is 8.71. The van der Waals surface area contributed by atoms with Crippen LogP contribution in [0.15, 0.2) is 60.8 Å². The molecular weight excluding hydrogens is 492 g/mol. The largest absolute Gasteiger partial charge is 0.252 e. The highest BCUT2D eigenvalue weighted by atomic mass is 32.1. The van der Waals surface area contributed by atoms with Crippen LogP contribution in [0, 0.1) is 13.8 Å². The Kier molecular flexibility index (Phi) is 5.77. The maximum atomic E-state index is 14.0. The summed E-state index contributed by atoms with van der Waals surface area (Å²) in [5.74, 6) is -2.59. The first-order chi connectivity index (χ1) is 17.9. The fourth-order valence-corrected chi connectivity index (χ4v) is 7.55. The average Bonchev–Trinajstić information content (AvgIpc) is 3.19. The summed E-state index contributed by atoms with van der Waals surface area (Å²) in [6.45, 7) is 11.3.